The average Bonchev–Trinajstić information content (AvgIpc) is 2.45. The van der Waals surface area contributed by atoms with Gasteiger partial charge in [-0.25, -0.2) is 0 Å². The maximum atomic E-state index is 6.38. The number of hydrogen-bond acceptors (Lipinski definition) is 3. The van der Waals surface area contributed by atoms with Crippen molar-refractivity contribution >= 4 is 17.3 Å². The van der Waals surface area contributed by atoms with E-state index in [1.807, 2.05) is 19.2 Å². The minimum absolute atomic E-state index is 0.202. The van der Waals surface area contributed by atoms with E-state index in [2.05, 4.69) is 25.2 Å². The van der Waals surface area contributed by atoms with Crippen molar-refractivity contribution in [2.24, 2.45) is 5.73 Å². The molecular formula is C16H26ClN3. The Balaban J connectivity index is 3.04. The van der Waals surface area contributed by atoms with Crippen molar-refractivity contribution in [3.05, 3.63) is 40.4 Å². The zero-order valence-electron chi connectivity index (χ0n) is 12.6. The Hall–Kier alpha value is -1.03. The molecule has 0 aliphatic rings. The van der Waals surface area contributed by atoms with Gasteiger partial charge < -0.3 is 16.8 Å². The number of rotatable bonds is 7. The minimum Gasteiger partial charge on any atom is -0.397 e. The van der Waals surface area contributed by atoms with Crippen LogP contribution in [-0.4, -0.2) is 13.1 Å². The van der Waals surface area contributed by atoms with Gasteiger partial charge in [-0.05, 0) is 31.5 Å². The second-order valence-electron chi connectivity index (χ2n) is 5.00. The number of benzene rings is 1. The summed E-state index contributed by atoms with van der Waals surface area (Å²) in [6, 6.07) is 5.77. The Kier molecular flexibility index (Phi) is 7.06. The predicted molar refractivity (Wildman–Crippen MR) is 88.9 cm³/mol. The average molecular weight is 296 g/mol. The van der Waals surface area contributed by atoms with E-state index in [1.165, 1.54) is 5.57 Å². The van der Waals surface area contributed by atoms with Gasteiger partial charge in [0.2, 0.25) is 0 Å². The van der Waals surface area contributed by atoms with Gasteiger partial charge in [0, 0.05) is 6.04 Å². The van der Waals surface area contributed by atoms with Gasteiger partial charge in [0.05, 0.1) is 16.8 Å². The van der Waals surface area contributed by atoms with Crippen LogP contribution in [0.5, 0.6) is 0 Å². The zero-order chi connectivity index (χ0) is 15.1. The van der Waals surface area contributed by atoms with Crippen LogP contribution in [0, 0.1) is 0 Å². The molecule has 2 unspecified atom stereocenters. The van der Waals surface area contributed by atoms with Gasteiger partial charge >= 0.3 is 0 Å². The van der Waals surface area contributed by atoms with E-state index in [4.69, 9.17) is 23.1 Å². The highest BCUT2D eigenvalue weighted by atomic mass is 35.5. The largest absolute Gasteiger partial charge is 0.397 e. The van der Waals surface area contributed by atoms with Gasteiger partial charge in [-0.15, -0.1) is 0 Å². The normalized spacial score (nSPS) is 15.2. The molecule has 0 bridgehead atoms. The number of nitrogens with one attached hydrogen (secondary N) is 1. The summed E-state index contributed by atoms with van der Waals surface area (Å²) in [6.45, 7) is 4.30. The Morgan fingerprint density at radius 2 is 2.10 bits per heavy atom. The van der Waals surface area contributed by atoms with Gasteiger partial charge in [0.1, 0.15) is 0 Å². The SMILES string of the molecule is CCCC(/C=C(\CC)C(N)c1cccc(Cl)c1N)NC. The van der Waals surface area contributed by atoms with Gasteiger partial charge in [0.25, 0.3) is 0 Å². The van der Waals surface area contributed by atoms with Crippen LogP contribution < -0.4 is 16.8 Å². The molecule has 0 saturated carbocycles. The molecular weight excluding hydrogens is 270 g/mol. The van der Waals surface area contributed by atoms with Crippen LogP contribution >= 0.6 is 11.6 Å². The van der Waals surface area contributed by atoms with Crippen molar-refractivity contribution in [1.82, 2.24) is 5.32 Å². The van der Waals surface area contributed by atoms with Crippen LogP contribution in [0.3, 0.4) is 0 Å². The van der Waals surface area contributed by atoms with Gasteiger partial charge in [-0.1, -0.05) is 55.7 Å². The molecule has 3 nitrogen and oxygen atoms in total. The lowest BCUT2D eigenvalue weighted by Crippen LogP contribution is -2.25. The summed E-state index contributed by atoms with van der Waals surface area (Å²) in [7, 11) is 1.98. The van der Waals surface area contributed by atoms with Gasteiger partial charge in [-0.2, -0.15) is 0 Å². The third kappa shape index (κ3) is 4.23. The van der Waals surface area contributed by atoms with Crippen LogP contribution in [0.15, 0.2) is 29.8 Å². The molecule has 1 aromatic carbocycles. The fourth-order valence-electron chi connectivity index (χ4n) is 2.35. The van der Waals surface area contributed by atoms with E-state index >= 15 is 0 Å². The second kappa shape index (κ2) is 8.30. The standard InChI is InChI=1S/C16H26ClN3/c1-4-7-12(20-3)10-11(5-2)15(18)13-8-6-9-14(17)16(13)19/h6,8-10,12,15,20H,4-5,7,18-19H2,1-3H3/b11-10+. The molecule has 112 valence electrons. The zero-order valence-corrected chi connectivity index (χ0v) is 13.4. The minimum atomic E-state index is -0.202. The van der Waals surface area contributed by atoms with E-state index in [-0.39, 0.29) is 6.04 Å². The maximum absolute atomic E-state index is 6.38. The summed E-state index contributed by atoms with van der Waals surface area (Å²) < 4.78 is 0. The van der Waals surface area contributed by atoms with Crippen LogP contribution in [-0.2, 0) is 0 Å². The van der Waals surface area contributed by atoms with Crippen molar-refractivity contribution in [3.8, 4) is 0 Å². The molecule has 0 aliphatic carbocycles. The lowest BCUT2D eigenvalue weighted by atomic mass is 9.94. The molecule has 0 amide bonds. The molecule has 0 radical (unpaired) electrons. The number of hydrogen-bond donors (Lipinski definition) is 3. The van der Waals surface area contributed by atoms with Crippen molar-refractivity contribution in [2.75, 3.05) is 12.8 Å². The quantitative estimate of drug-likeness (QED) is 0.531. The lowest BCUT2D eigenvalue weighted by molar-refractivity contribution is 0.594. The van der Waals surface area contributed by atoms with E-state index < -0.39 is 0 Å². The lowest BCUT2D eigenvalue weighted by Gasteiger charge is -2.20. The Morgan fingerprint density at radius 3 is 2.65 bits per heavy atom. The first-order valence-corrected chi connectivity index (χ1v) is 7.60. The van der Waals surface area contributed by atoms with Crippen molar-refractivity contribution in [1.29, 1.82) is 0 Å². The number of halogens is 1. The number of nitrogen functional groups attached to an aromatic ring is 1. The molecule has 0 aromatic heterocycles. The van der Waals surface area contributed by atoms with Crippen molar-refractivity contribution in [2.45, 2.75) is 45.2 Å². The van der Waals surface area contributed by atoms with Crippen LogP contribution in [0.2, 0.25) is 5.02 Å². The van der Waals surface area contributed by atoms with Gasteiger partial charge in [-0.3, -0.25) is 0 Å². The predicted octanol–water partition coefficient (Wildman–Crippen LogP) is 3.65. The summed E-state index contributed by atoms with van der Waals surface area (Å²) in [6.07, 6.45) is 5.36. The van der Waals surface area contributed by atoms with E-state index in [0.29, 0.717) is 16.8 Å². The molecule has 0 aliphatic heterocycles. The number of likely N-dealkylation sites (N-methyl/N-ethyl adjacent to an activating group) is 1. The van der Waals surface area contributed by atoms with E-state index in [9.17, 15) is 0 Å². The van der Waals surface area contributed by atoms with Crippen molar-refractivity contribution in [3.63, 3.8) is 0 Å². The molecule has 0 spiro atoms. The summed E-state index contributed by atoms with van der Waals surface area (Å²) in [5.41, 5.74) is 15.1. The summed E-state index contributed by atoms with van der Waals surface area (Å²) in [4.78, 5) is 0. The summed E-state index contributed by atoms with van der Waals surface area (Å²) >= 11 is 6.08. The summed E-state index contributed by atoms with van der Waals surface area (Å²) in [5, 5.41) is 3.87. The van der Waals surface area contributed by atoms with Gasteiger partial charge in [0.15, 0.2) is 0 Å². The molecule has 4 heteroatoms. The molecule has 1 rings (SSSR count). The first-order valence-electron chi connectivity index (χ1n) is 7.22. The monoisotopic (exact) mass is 295 g/mol. The third-order valence-electron chi connectivity index (χ3n) is 3.62. The van der Waals surface area contributed by atoms with E-state index in [1.54, 1.807) is 6.07 Å². The van der Waals surface area contributed by atoms with Crippen LogP contribution in [0.1, 0.15) is 44.7 Å². The Bertz CT molecular complexity index is 457. The van der Waals surface area contributed by atoms with Crippen LogP contribution in [0.25, 0.3) is 0 Å². The molecule has 2 atom stereocenters. The molecule has 20 heavy (non-hydrogen) atoms. The second-order valence-corrected chi connectivity index (χ2v) is 5.41. The molecule has 0 heterocycles. The molecule has 0 fully saturated rings. The smallest absolute Gasteiger partial charge is 0.0639 e. The Labute approximate surface area is 127 Å². The molecule has 1 aromatic rings. The first kappa shape index (κ1) is 17.0. The third-order valence-corrected chi connectivity index (χ3v) is 3.94. The fraction of sp³-hybridized carbons (Fsp3) is 0.500. The highest BCUT2D eigenvalue weighted by Gasteiger charge is 2.16. The summed E-state index contributed by atoms with van der Waals surface area (Å²) in [5.74, 6) is 0. The topological polar surface area (TPSA) is 64.1 Å². The number of para-hydroxylation sites is 1. The first-order chi connectivity index (χ1) is 9.54. The number of anilines is 1. The molecule has 0 saturated heterocycles. The highest BCUT2D eigenvalue weighted by Crippen LogP contribution is 2.31. The van der Waals surface area contributed by atoms with E-state index in [0.717, 1.165) is 24.8 Å². The number of nitrogens with two attached hydrogens (primary N) is 2. The Morgan fingerprint density at radius 1 is 1.40 bits per heavy atom. The fourth-order valence-corrected chi connectivity index (χ4v) is 2.53. The molecule has 5 N–H and O–H groups in total. The highest BCUT2D eigenvalue weighted by molar-refractivity contribution is 6.33. The van der Waals surface area contributed by atoms with Crippen LogP contribution in [0.4, 0.5) is 5.69 Å². The maximum Gasteiger partial charge on any atom is 0.0639 e. The van der Waals surface area contributed by atoms with Crippen molar-refractivity contribution < 1.29 is 0 Å².